The van der Waals surface area contributed by atoms with Crippen LogP contribution in [0.3, 0.4) is 0 Å². The van der Waals surface area contributed by atoms with Gasteiger partial charge in [-0.25, -0.2) is 8.42 Å². The topological polar surface area (TPSA) is 66.5 Å². The van der Waals surface area contributed by atoms with Gasteiger partial charge in [0.2, 0.25) is 15.9 Å². The largest absolute Gasteiger partial charge is 0.351 e. The molecule has 4 aromatic rings. The van der Waals surface area contributed by atoms with Crippen LogP contribution in [-0.4, -0.2) is 25.2 Å². The van der Waals surface area contributed by atoms with Crippen LogP contribution in [-0.2, 0) is 27.9 Å². The number of halogens is 3. The Balaban J connectivity index is 1.57. The molecule has 0 aliphatic rings. The lowest BCUT2D eigenvalue weighted by Gasteiger charge is -2.23. The summed E-state index contributed by atoms with van der Waals surface area (Å²) in [4.78, 5) is 13.0. The third-order valence-electron chi connectivity index (χ3n) is 5.49. The predicted molar refractivity (Wildman–Crippen MR) is 141 cm³/mol. The van der Waals surface area contributed by atoms with Crippen molar-refractivity contribution in [2.45, 2.75) is 18.0 Å². The number of amides is 1. The van der Waals surface area contributed by atoms with Gasteiger partial charge in [-0.2, -0.15) is 4.31 Å². The van der Waals surface area contributed by atoms with E-state index in [-0.39, 0.29) is 18.0 Å². The number of carbonyl (C=O) groups excluding carboxylic acids is 1. The van der Waals surface area contributed by atoms with Crippen LogP contribution < -0.4 is 5.32 Å². The third-order valence-corrected chi connectivity index (χ3v) is 8.13. The number of sulfonamides is 1. The number of nitrogens with zero attached hydrogens (tertiary/aromatic N) is 1. The van der Waals surface area contributed by atoms with Crippen molar-refractivity contribution in [2.24, 2.45) is 0 Å². The van der Waals surface area contributed by atoms with Crippen molar-refractivity contribution in [3.05, 3.63) is 111 Å². The molecule has 5 nitrogen and oxygen atoms in total. The maximum atomic E-state index is 13.4. The normalized spacial score (nSPS) is 11.7. The number of hydrogen-bond acceptors (Lipinski definition) is 3. The lowest BCUT2D eigenvalue weighted by Crippen LogP contribution is -2.40. The summed E-state index contributed by atoms with van der Waals surface area (Å²) in [6.45, 7) is -0.242. The highest BCUT2D eigenvalue weighted by Gasteiger charge is 2.27. The number of fused-ring (bicyclic) bond motifs is 1. The number of benzene rings is 4. The van der Waals surface area contributed by atoms with Crippen molar-refractivity contribution >= 4 is 61.5 Å². The standard InChI is InChI=1S/C26H21Cl3N2O3S/c27-21-10-12-23(13-11-21)35(33,34)31(16-20-8-9-22(28)14-25(20)29)17-26(32)30-15-19-6-3-5-18-4-1-2-7-24(18)19/h1-14H,15-17H2,(H,30,32). The van der Waals surface area contributed by atoms with Gasteiger partial charge in [0, 0.05) is 28.2 Å². The quantitative estimate of drug-likeness (QED) is 0.281. The van der Waals surface area contributed by atoms with Crippen LogP contribution >= 0.6 is 34.8 Å². The molecule has 0 atom stereocenters. The SMILES string of the molecule is O=C(CN(Cc1ccc(Cl)cc1Cl)S(=O)(=O)c1ccc(Cl)cc1)NCc1cccc2ccccc12. The average Bonchev–Trinajstić information content (AvgIpc) is 2.84. The second-order valence-electron chi connectivity index (χ2n) is 7.88. The van der Waals surface area contributed by atoms with Crippen LogP contribution in [0.1, 0.15) is 11.1 Å². The van der Waals surface area contributed by atoms with E-state index in [1.165, 1.54) is 30.3 Å². The predicted octanol–water partition coefficient (Wildman–Crippen LogP) is 6.31. The summed E-state index contributed by atoms with van der Waals surface area (Å²) >= 11 is 18.2. The van der Waals surface area contributed by atoms with Gasteiger partial charge in [-0.05, 0) is 58.3 Å². The molecule has 0 heterocycles. The lowest BCUT2D eigenvalue weighted by atomic mass is 10.0. The van der Waals surface area contributed by atoms with E-state index in [1.807, 2.05) is 42.5 Å². The Bertz CT molecular complexity index is 1470. The maximum Gasteiger partial charge on any atom is 0.243 e. The molecule has 0 saturated heterocycles. The molecule has 0 spiro atoms. The minimum absolute atomic E-state index is 0.0221. The maximum absolute atomic E-state index is 13.4. The van der Waals surface area contributed by atoms with Gasteiger partial charge in [0.1, 0.15) is 0 Å². The van der Waals surface area contributed by atoms with Crippen LogP contribution in [0.5, 0.6) is 0 Å². The Morgan fingerprint density at radius 1 is 0.800 bits per heavy atom. The van der Waals surface area contributed by atoms with Crippen molar-refractivity contribution in [1.82, 2.24) is 9.62 Å². The zero-order valence-electron chi connectivity index (χ0n) is 18.4. The lowest BCUT2D eigenvalue weighted by molar-refractivity contribution is -0.121. The Kier molecular flexibility index (Phi) is 7.99. The first-order valence-electron chi connectivity index (χ1n) is 10.7. The number of hydrogen-bond donors (Lipinski definition) is 1. The van der Waals surface area contributed by atoms with E-state index in [1.54, 1.807) is 12.1 Å². The summed E-state index contributed by atoms with van der Waals surface area (Å²) in [5.41, 5.74) is 1.46. The summed E-state index contributed by atoms with van der Waals surface area (Å²) in [5, 5.41) is 6.07. The van der Waals surface area contributed by atoms with Gasteiger partial charge in [-0.3, -0.25) is 4.79 Å². The van der Waals surface area contributed by atoms with E-state index in [2.05, 4.69) is 5.32 Å². The van der Waals surface area contributed by atoms with Crippen LogP contribution in [0, 0.1) is 0 Å². The summed E-state index contributed by atoms with van der Waals surface area (Å²) < 4.78 is 28.0. The second-order valence-corrected chi connectivity index (χ2v) is 11.1. The van der Waals surface area contributed by atoms with E-state index in [9.17, 15) is 13.2 Å². The summed E-state index contributed by atoms with van der Waals surface area (Å²) in [6, 6.07) is 24.3. The molecule has 0 bridgehead atoms. The highest BCUT2D eigenvalue weighted by molar-refractivity contribution is 7.89. The van der Waals surface area contributed by atoms with Gasteiger partial charge in [-0.15, -0.1) is 0 Å². The monoisotopic (exact) mass is 546 g/mol. The fraction of sp³-hybridized carbons (Fsp3) is 0.115. The van der Waals surface area contributed by atoms with Gasteiger partial charge >= 0.3 is 0 Å². The van der Waals surface area contributed by atoms with Gasteiger partial charge in [0.15, 0.2) is 0 Å². The first-order chi connectivity index (χ1) is 16.7. The van der Waals surface area contributed by atoms with Crippen molar-refractivity contribution in [3.8, 4) is 0 Å². The average molecular weight is 548 g/mol. The summed E-state index contributed by atoms with van der Waals surface area (Å²) in [5.74, 6) is -0.444. The Morgan fingerprint density at radius 3 is 2.23 bits per heavy atom. The molecule has 180 valence electrons. The molecule has 0 fully saturated rings. The minimum Gasteiger partial charge on any atom is -0.351 e. The summed E-state index contributed by atoms with van der Waals surface area (Å²) in [7, 11) is -4.03. The van der Waals surface area contributed by atoms with Crippen molar-refractivity contribution in [3.63, 3.8) is 0 Å². The van der Waals surface area contributed by atoms with Crippen LogP contribution in [0.4, 0.5) is 0 Å². The molecule has 4 aromatic carbocycles. The second kappa shape index (κ2) is 11.0. The van der Waals surface area contributed by atoms with E-state index in [0.29, 0.717) is 20.6 Å². The molecule has 0 aliphatic carbocycles. The third kappa shape index (κ3) is 6.15. The van der Waals surface area contributed by atoms with E-state index >= 15 is 0 Å². The number of nitrogens with one attached hydrogen (secondary N) is 1. The molecule has 0 radical (unpaired) electrons. The van der Waals surface area contributed by atoms with Gasteiger partial charge in [-0.1, -0.05) is 83.3 Å². The van der Waals surface area contributed by atoms with Crippen LogP contribution in [0.2, 0.25) is 15.1 Å². The Morgan fingerprint density at radius 2 is 1.49 bits per heavy atom. The van der Waals surface area contributed by atoms with Gasteiger partial charge in [0.05, 0.1) is 11.4 Å². The highest BCUT2D eigenvalue weighted by atomic mass is 35.5. The zero-order chi connectivity index (χ0) is 25.0. The fourth-order valence-corrected chi connectivity index (χ4v) is 5.65. The molecular formula is C26H21Cl3N2O3S. The van der Waals surface area contributed by atoms with E-state index in [0.717, 1.165) is 20.6 Å². The first-order valence-corrected chi connectivity index (χ1v) is 13.2. The molecule has 0 saturated carbocycles. The van der Waals surface area contributed by atoms with Gasteiger partial charge < -0.3 is 5.32 Å². The van der Waals surface area contributed by atoms with Crippen molar-refractivity contribution in [2.75, 3.05) is 6.54 Å². The van der Waals surface area contributed by atoms with Crippen LogP contribution in [0.25, 0.3) is 10.8 Å². The minimum atomic E-state index is -4.03. The molecule has 35 heavy (non-hydrogen) atoms. The first kappa shape index (κ1) is 25.5. The van der Waals surface area contributed by atoms with E-state index in [4.69, 9.17) is 34.8 Å². The van der Waals surface area contributed by atoms with Gasteiger partial charge in [0.25, 0.3) is 0 Å². The Labute approximate surface area is 219 Å². The molecule has 1 amide bonds. The number of carbonyl (C=O) groups is 1. The fourth-order valence-electron chi connectivity index (χ4n) is 3.68. The molecule has 1 N–H and O–H groups in total. The highest BCUT2D eigenvalue weighted by Crippen LogP contribution is 2.26. The molecule has 9 heteroatoms. The van der Waals surface area contributed by atoms with Crippen molar-refractivity contribution in [1.29, 1.82) is 0 Å². The molecular weight excluding hydrogens is 527 g/mol. The number of rotatable bonds is 8. The molecule has 4 rings (SSSR count). The van der Waals surface area contributed by atoms with Crippen LogP contribution in [0.15, 0.2) is 89.8 Å². The van der Waals surface area contributed by atoms with Crippen molar-refractivity contribution < 1.29 is 13.2 Å². The smallest absolute Gasteiger partial charge is 0.243 e. The molecule has 0 aromatic heterocycles. The Hall–Kier alpha value is -2.61. The van der Waals surface area contributed by atoms with E-state index < -0.39 is 22.5 Å². The molecule has 0 aliphatic heterocycles. The summed E-state index contributed by atoms with van der Waals surface area (Å²) in [6.07, 6.45) is 0. The zero-order valence-corrected chi connectivity index (χ0v) is 21.5. The molecule has 0 unspecified atom stereocenters.